The van der Waals surface area contributed by atoms with Crippen molar-refractivity contribution in [1.29, 1.82) is 0 Å². The molecule has 1 aliphatic rings. The Bertz CT molecular complexity index is 585. The van der Waals surface area contributed by atoms with Crippen LogP contribution < -0.4 is 0 Å². The van der Waals surface area contributed by atoms with Crippen molar-refractivity contribution in [2.75, 3.05) is 6.54 Å². The van der Waals surface area contributed by atoms with Gasteiger partial charge >= 0.3 is 0 Å². The van der Waals surface area contributed by atoms with Crippen LogP contribution in [0.2, 0.25) is 0 Å². The fourth-order valence-corrected chi connectivity index (χ4v) is 2.86. The summed E-state index contributed by atoms with van der Waals surface area (Å²) in [5.41, 5.74) is 3.76. The molecule has 2 aromatic rings. The van der Waals surface area contributed by atoms with Gasteiger partial charge in [0.2, 0.25) is 5.91 Å². The number of H-pyrrole nitrogens is 1. The van der Waals surface area contributed by atoms with E-state index in [4.69, 9.17) is 0 Å². The number of para-hydroxylation sites is 1. The van der Waals surface area contributed by atoms with E-state index < -0.39 is 0 Å². The highest BCUT2D eigenvalue weighted by Crippen LogP contribution is 2.33. The lowest BCUT2D eigenvalue weighted by molar-refractivity contribution is -0.131. The van der Waals surface area contributed by atoms with Crippen LogP contribution in [0.4, 0.5) is 0 Å². The molecule has 0 aliphatic carbocycles. The van der Waals surface area contributed by atoms with Crippen molar-refractivity contribution in [3.05, 3.63) is 35.5 Å². The van der Waals surface area contributed by atoms with E-state index in [-0.39, 0.29) is 11.9 Å². The van der Waals surface area contributed by atoms with Crippen LogP contribution in [-0.2, 0) is 11.2 Å². The largest absolute Gasteiger partial charge is 0.356 e. The van der Waals surface area contributed by atoms with Crippen LogP contribution in [0.15, 0.2) is 24.3 Å². The average molecular weight is 228 g/mol. The Balaban J connectivity index is 2.16. The second kappa shape index (κ2) is 3.62. The number of amides is 1. The molecule has 3 heteroatoms. The van der Waals surface area contributed by atoms with Gasteiger partial charge in [-0.2, -0.15) is 0 Å². The lowest BCUT2D eigenvalue weighted by Crippen LogP contribution is -2.37. The summed E-state index contributed by atoms with van der Waals surface area (Å²) >= 11 is 0. The second-order valence-corrected chi connectivity index (χ2v) is 4.70. The van der Waals surface area contributed by atoms with Crippen LogP contribution in [0.25, 0.3) is 10.9 Å². The van der Waals surface area contributed by atoms with Gasteiger partial charge in [-0.25, -0.2) is 0 Å². The molecular weight excluding hydrogens is 212 g/mol. The first-order valence-corrected chi connectivity index (χ1v) is 6.05. The van der Waals surface area contributed by atoms with Crippen LogP contribution >= 0.6 is 0 Å². The number of carbonyl (C=O) groups is 1. The highest BCUT2D eigenvalue weighted by molar-refractivity contribution is 5.85. The van der Waals surface area contributed by atoms with E-state index in [2.05, 4.69) is 30.1 Å². The normalized spacial score (nSPS) is 19.4. The number of nitrogens with zero attached hydrogens (tertiary/aromatic N) is 1. The minimum Gasteiger partial charge on any atom is -0.356 e. The van der Waals surface area contributed by atoms with Gasteiger partial charge in [0, 0.05) is 30.1 Å². The number of carbonyl (C=O) groups excluding carboxylic acids is 1. The molecular formula is C14H16N2O. The molecule has 1 aromatic carbocycles. The smallest absolute Gasteiger partial charge is 0.220 e. The van der Waals surface area contributed by atoms with Crippen molar-refractivity contribution in [1.82, 2.24) is 9.88 Å². The van der Waals surface area contributed by atoms with Gasteiger partial charge in [0.1, 0.15) is 0 Å². The standard InChI is InChI=1S/C14H16N2O/c1-9-14-12(7-8-16(9)10(2)17)11-5-3-4-6-13(11)15-14/h3-6,9,15H,7-8H2,1-2H3. The minimum absolute atomic E-state index is 0.154. The van der Waals surface area contributed by atoms with Crippen LogP contribution in [0.3, 0.4) is 0 Å². The van der Waals surface area contributed by atoms with Gasteiger partial charge < -0.3 is 9.88 Å². The number of fused-ring (bicyclic) bond motifs is 3. The predicted octanol–water partition coefficient (Wildman–Crippen LogP) is 2.63. The van der Waals surface area contributed by atoms with Crippen LogP contribution in [-0.4, -0.2) is 22.3 Å². The summed E-state index contributed by atoms with van der Waals surface area (Å²) in [6.07, 6.45) is 0.948. The molecule has 88 valence electrons. The summed E-state index contributed by atoms with van der Waals surface area (Å²) in [5, 5.41) is 1.30. The van der Waals surface area contributed by atoms with Gasteiger partial charge in [0.05, 0.1) is 6.04 Å². The molecule has 1 N–H and O–H groups in total. The first-order valence-electron chi connectivity index (χ1n) is 6.05. The molecule has 1 aromatic heterocycles. The quantitative estimate of drug-likeness (QED) is 0.739. The van der Waals surface area contributed by atoms with Crippen molar-refractivity contribution in [2.24, 2.45) is 0 Å². The number of aromatic amines is 1. The number of aromatic nitrogens is 1. The van der Waals surface area contributed by atoms with Crippen molar-refractivity contribution in [3.8, 4) is 0 Å². The third-order valence-corrected chi connectivity index (χ3v) is 3.74. The number of nitrogens with one attached hydrogen (secondary N) is 1. The Morgan fingerprint density at radius 1 is 1.41 bits per heavy atom. The molecule has 0 spiro atoms. The highest BCUT2D eigenvalue weighted by atomic mass is 16.2. The molecule has 2 heterocycles. The third-order valence-electron chi connectivity index (χ3n) is 3.74. The SMILES string of the molecule is CC(=O)N1CCc2c([nH]c3ccccc23)C1C. The molecule has 1 unspecified atom stereocenters. The van der Waals surface area contributed by atoms with E-state index in [1.165, 1.54) is 22.2 Å². The fourth-order valence-electron chi connectivity index (χ4n) is 2.86. The topological polar surface area (TPSA) is 36.1 Å². The molecule has 0 bridgehead atoms. The first-order chi connectivity index (χ1) is 8.18. The highest BCUT2D eigenvalue weighted by Gasteiger charge is 2.28. The molecule has 1 amide bonds. The molecule has 17 heavy (non-hydrogen) atoms. The van der Waals surface area contributed by atoms with Gasteiger partial charge in [-0.3, -0.25) is 4.79 Å². The molecule has 0 radical (unpaired) electrons. The fraction of sp³-hybridized carbons (Fsp3) is 0.357. The number of benzene rings is 1. The summed E-state index contributed by atoms with van der Waals surface area (Å²) in [5.74, 6) is 0.154. The second-order valence-electron chi connectivity index (χ2n) is 4.70. The summed E-state index contributed by atoms with van der Waals surface area (Å²) < 4.78 is 0. The van der Waals surface area contributed by atoms with Crippen LogP contribution in [0.5, 0.6) is 0 Å². The molecule has 3 rings (SSSR count). The van der Waals surface area contributed by atoms with E-state index in [1.54, 1.807) is 6.92 Å². The van der Waals surface area contributed by atoms with E-state index >= 15 is 0 Å². The minimum atomic E-state index is 0.154. The molecule has 0 saturated heterocycles. The lowest BCUT2D eigenvalue weighted by atomic mass is 9.98. The Kier molecular flexibility index (Phi) is 2.21. The maximum absolute atomic E-state index is 11.5. The zero-order valence-corrected chi connectivity index (χ0v) is 10.2. The van der Waals surface area contributed by atoms with E-state index in [1.807, 2.05) is 11.0 Å². The monoisotopic (exact) mass is 228 g/mol. The molecule has 1 atom stereocenters. The maximum atomic E-state index is 11.5. The van der Waals surface area contributed by atoms with Crippen LogP contribution in [0, 0.1) is 0 Å². The lowest BCUT2D eigenvalue weighted by Gasteiger charge is -2.32. The van der Waals surface area contributed by atoms with E-state index in [9.17, 15) is 4.79 Å². The van der Waals surface area contributed by atoms with Gasteiger partial charge in [-0.1, -0.05) is 18.2 Å². The van der Waals surface area contributed by atoms with Crippen LogP contribution in [0.1, 0.15) is 31.1 Å². The Labute approximate surface area is 100 Å². The van der Waals surface area contributed by atoms with Crippen molar-refractivity contribution >= 4 is 16.8 Å². The van der Waals surface area contributed by atoms with Gasteiger partial charge in [-0.15, -0.1) is 0 Å². The summed E-state index contributed by atoms with van der Waals surface area (Å²) in [4.78, 5) is 16.9. The van der Waals surface area contributed by atoms with E-state index in [0.717, 1.165) is 13.0 Å². The summed E-state index contributed by atoms with van der Waals surface area (Å²) in [6.45, 7) is 4.56. The van der Waals surface area contributed by atoms with Gasteiger partial charge in [-0.05, 0) is 25.0 Å². The van der Waals surface area contributed by atoms with Crippen molar-refractivity contribution in [3.63, 3.8) is 0 Å². The summed E-state index contributed by atoms with van der Waals surface area (Å²) in [7, 11) is 0. The summed E-state index contributed by atoms with van der Waals surface area (Å²) in [6, 6.07) is 8.51. The number of hydrogen-bond donors (Lipinski definition) is 1. The Morgan fingerprint density at radius 2 is 2.18 bits per heavy atom. The first kappa shape index (κ1) is 10.4. The average Bonchev–Trinajstić information content (AvgIpc) is 2.69. The maximum Gasteiger partial charge on any atom is 0.220 e. The molecule has 1 aliphatic heterocycles. The van der Waals surface area contributed by atoms with E-state index in [0.29, 0.717) is 0 Å². The van der Waals surface area contributed by atoms with Crippen molar-refractivity contribution < 1.29 is 4.79 Å². The van der Waals surface area contributed by atoms with Crippen molar-refractivity contribution in [2.45, 2.75) is 26.3 Å². The van der Waals surface area contributed by atoms with Gasteiger partial charge in [0.15, 0.2) is 0 Å². The third kappa shape index (κ3) is 1.46. The molecule has 0 saturated carbocycles. The molecule has 3 nitrogen and oxygen atoms in total. The number of rotatable bonds is 0. The Hall–Kier alpha value is -1.77. The zero-order chi connectivity index (χ0) is 12.0. The number of hydrogen-bond acceptors (Lipinski definition) is 1. The zero-order valence-electron chi connectivity index (χ0n) is 10.2. The Morgan fingerprint density at radius 3 is 2.94 bits per heavy atom. The predicted molar refractivity (Wildman–Crippen MR) is 67.8 cm³/mol. The molecule has 0 fully saturated rings. The van der Waals surface area contributed by atoms with Gasteiger partial charge in [0.25, 0.3) is 0 Å².